The van der Waals surface area contributed by atoms with Crippen LogP contribution in [0.25, 0.3) is 10.9 Å². The Morgan fingerprint density at radius 2 is 1.88 bits per heavy atom. The predicted octanol–water partition coefficient (Wildman–Crippen LogP) is 3.40. The molecule has 10 heteroatoms. The van der Waals surface area contributed by atoms with E-state index in [4.69, 9.17) is 10.5 Å². The van der Waals surface area contributed by atoms with Crippen molar-refractivity contribution >= 4 is 22.7 Å². The Labute approximate surface area is 196 Å². The molecule has 1 atom stereocenters. The van der Waals surface area contributed by atoms with Gasteiger partial charge < -0.3 is 20.7 Å². The molecule has 0 unspecified atom stereocenters. The number of amides is 2. The predicted molar refractivity (Wildman–Crippen MR) is 125 cm³/mol. The van der Waals surface area contributed by atoms with Gasteiger partial charge in [-0.25, -0.2) is 8.78 Å². The zero-order chi connectivity index (χ0) is 25.2. The summed E-state index contributed by atoms with van der Waals surface area (Å²) in [4.78, 5) is 27.1. The summed E-state index contributed by atoms with van der Waals surface area (Å²) in [6, 6.07) is 5.09. The third-order valence-electron chi connectivity index (χ3n) is 5.18. The maximum atomic E-state index is 14.3. The number of carbonyl (C=O) groups excluding carboxylic acids is 2. The van der Waals surface area contributed by atoms with E-state index < -0.39 is 29.5 Å². The minimum Gasteiger partial charge on any atom is -0.453 e. The number of halogens is 2. The highest BCUT2D eigenvalue weighted by Crippen LogP contribution is 2.33. The molecule has 34 heavy (non-hydrogen) atoms. The van der Waals surface area contributed by atoms with E-state index in [-0.39, 0.29) is 22.6 Å². The monoisotopic (exact) mass is 473 g/mol. The van der Waals surface area contributed by atoms with Crippen LogP contribution in [-0.4, -0.2) is 53.2 Å². The van der Waals surface area contributed by atoms with Crippen LogP contribution in [0.5, 0.6) is 11.5 Å². The van der Waals surface area contributed by atoms with E-state index in [2.05, 4.69) is 10.4 Å². The smallest absolute Gasteiger partial charge is 0.255 e. The number of aromatic nitrogens is 2. The number of hydrogen-bond acceptors (Lipinski definition) is 5. The number of primary amides is 1. The Kier molecular flexibility index (Phi) is 7.21. The molecule has 1 heterocycles. The summed E-state index contributed by atoms with van der Waals surface area (Å²) in [5, 5.41) is 7.71. The van der Waals surface area contributed by atoms with Gasteiger partial charge in [0.25, 0.3) is 5.91 Å². The topological polar surface area (TPSA) is 102 Å². The average molecular weight is 474 g/mol. The van der Waals surface area contributed by atoms with Gasteiger partial charge in [0.15, 0.2) is 11.6 Å². The van der Waals surface area contributed by atoms with E-state index in [1.807, 2.05) is 39.8 Å². The van der Waals surface area contributed by atoms with E-state index in [9.17, 15) is 18.4 Å². The summed E-state index contributed by atoms with van der Waals surface area (Å²) in [6.45, 7) is 6.40. The Hall–Kier alpha value is -3.53. The molecule has 2 amide bonds. The second kappa shape index (κ2) is 9.76. The van der Waals surface area contributed by atoms with Crippen LogP contribution in [0.3, 0.4) is 0 Å². The van der Waals surface area contributed by atoms with Gasteiger partial charge in [-0.15, -0.1) is 0 Å². The molecule has 3 rings (SSSR count). The largest absolute Gasteiger partial charge is 0.453 e. The van der Waals surface area contributed by atoms with Crippen LogP contribution in [0, 0.1) is 11.6 Å². The second-order valence-electron chi connectivity index (χ2n) is 9.33. The molecule has 1 aromatic heterocycles. The third kappa shape index (κ3) is 5.69. The minimum absolute atomic E-state index is 0.0276. The molecule has 8 nitrogen and oxygen atoms in total. The van der Waals surface area contributed by atoms with E-state index in [1.54, 1.807) is 23.0 Å². The van der Waals surface area contributed by atoms with Crippen LogP contribution >= 0.6 is 0 Å². The maximum Gasteiger partial charge on any atom is 0.255 e. The summed E-state index contributed by atoms with van der Waals surface area (Å²) in [5.41, 5.74) is 5.81. The standard InChI is InChI=1S/C24H29F2N5O3/c1-24(2,3)31-19-12-16(23(33)29-18(22(27)32)8-9-30(4)5)21(10-14(19)13-28-31)34-20-7-6-15(25)11-17(20)26/h6-7,10-13,18H,8-9H2,1-5H3,(H2,27,32)(H,29,33)/t18-/m0/s1. The molecule has 0 saturated heterocycles. The fourth-order valence-electron chi connectivity index (χ4n) is 3.43. The number of benzene rings is 2. The highest BCUT2D eigenvalue weighted by atomic mass is 19.1. The SMILES string of the molecule is CN(C)CC[C@H](NC(=O)c1cc2c(cnn2C(C)(C)C)cc1Oc1ccc(F)cc1F)C(N)=O. The third-order valence-corrected chi connectivity index (χ3v) is 5.18. The van der Waals surface area contributed by atoms with Crippen molar-refractivity contribution in [3.63, 3.8) is 0 Å². The summed E-state index contributed by atoms with van der Waals surface area (Å²) in [6.07, 6.45) is 1.92. The number of nitrogens with zero attached hydrogens (tertiary/aromatic N) is 3. The van der Waals surface area contributed by atoms with Crippen LogP contribution in [0.2, 0.25) is 0 Å². The van der Waals surface area contributed by atoms with E-state index in [0.29, 0.717) is 29.9 Å². The number of carbonyl (C=O) groups is 2. The van der Waals surface area contributed by atoms with Crippen molar-refractivity contribution in [1.29, 1.82) is 0 Å². The van der Waals surface area contributed by atoms with E-state index in [0.717, 1.165) is 12.1 Å². The molecule has 0 spiro atoms. The van der Waals surface area contributed by atoms with Gasteiger partial charge in [-0.1, -0.05) is 0 Å². The van der Waals surface area contributed by atoms with Crippen molar-refractivity contribution < 1.29 is 23.1 Å². The summed E-state index contributed by atoms with van der Waals surface area (Å²) < 4.78 is 35.1. The molecule has 182 valence electrons. The number of ether oxygens (including phenoxy) is 1. The number of rotatable bonds is 8. The molecule has 0 saturated carbocycles. The first-order valence-corrected chi connectivity index (χ1v) is 10.8. The molecular weight excluding hydrogens is 444 g/mol. The van der Waals surface area contributed by atoms with Gasteiger partial charge in [0, 0.05) is 11.5 Å². The van der Waals surface area contributed by atoms with Crippen molar-refractivity contribution in [3.8, 4) is 11.5 Å². The Morgan fingerprint density at radius 1 is 1.18 bits per heavy atom. The zero-order valence-electron chi connectivity index (χ0n) is 19.9. The molecule has 3 aromatic rings. The molecule has 0 aliphatic heterocycles. The summed E-state index contributed by atoms with van der Waals surface area (Å²) in [5.74, 6) is -3.20. The van der Waals surface area contributed by atoms with E-state index in [1.165, 1.54) is 0 Å². The molecule has 2 aromatic carbocycles. The van der Waals surface area contributed by atoms with Crippen molar-refractivity contribution in [3.05, 3.63) is 53.7 Å². The fraction of sp³-hybridized carbons (Fsp3) is 0.375. The highest BCUT2D eigenvalue weighted by Gasteiger charge is 2.25. The lowest BCUT2D eigenvalue weighted by Crippen LogP contribution is -2.45. The number of nitrogens with two attached hydrogens (primary N) is 1. The van der Waals surface area contributed by atoms with Crippen LogP contribution in [-0.2, 0) is 10.3 Å². The van der Waals surface area contributed by atoms with Crippen LogP contribution in [0.4, 0.5) is 8.78 Å². The van der Waals surface area contributed by atoms with Crippen molar-refractivity contribution in [2.75, 3.05) is 20.6 Å². The van der Waals surface area contributed by atoms with Crippen LogP contribution in [0.1, 0.15) is 37.6 Å². The Balaban J connectivity index is 2.07. The lowest BCUT2D eigenvalue weighted by molar-refractivity contribution is -0.120. The quantitative estimate of drug-likeness (QED) is 0.522. The van der Waals surface area contributed by atoms with Crippen molar-refractivity contribution in [1.82, 2.24) is 20.0 Å². The maximum absolute atomic E-state index is 14.3. The summed E-state index contributed by atoms with van der Waals surface area (Å²) in [7, 11) is 3.68. The zero-order valence-corrected chi connectivity index (χ0v) is 19.9. The van der Waals surface area contributed by atoms with Crippen molar-refractivity contribution in [2.24, 2.45) is 5.73 Å². The highest BCUT2D eigenvalue weighted by molar-refractivity contribution is 6.02. The fourth-order valence-corrected chi connectivity index (χ4v) is 3.43. The van der Waals surface area contributed by atoms with Crippen LogP contribution < -0.4 is 15.8 Å². The first kappa shape index (κ1) is 25.1. The van der Waals surface area contributed by atoms with E-state index >= 15 is 0 Å². The number of nitrogens with one attached hydrogen (secondary N) is 1. The molecule has 0 bridgehead atoms. The second-order valence-corrected chi connectivity index (χ2v) is 9.33. The van der Waals surface area contributed by atoms with Gasteiger partial charge in [0.1, 0.15) is 17.6 Å². The number of fused-ring (bicyclic) bond motifs is 1. The molecular formula is C24H29F2N5O3. The van der Waals surface area contributed by atoms with Gasteiger partial charge >= 0.3 is 0 Å². The van der Waals surface area contributed by atoms with Gasteiger partial charge in [0.2, 0.25) is 5.91 Å². The lowest BCUT2D eigenvalue weighted by Gasteiger charge is -2.22. The molecule has 0 radical (unpaired) electrons. The van der Waals surface area contributed by atoms with Gasteiger partial charge in [0.05, 0.1) is 22.8 Å². The van der Waals surface area contributed by atoms with Crippen molar-refractivity contribution in [2.45, 2.75) is 38.8 Å². The molecule has 0 aliphatic rings. The van der Waals surface area contributed by atoms with Gasteiger partial charge in [-0.2, -0.15) is 5.10 Å². The minimum atomic E-state index is -0.923. The normalized spacial score (nSPS) is 12.7. The first-order valence-electron chi connectivity index (χ1n) is 10.8. The number of hydrogen-bond donors (Lipinski definition) is 2. The Bertz CT molecular complexity index is 1220. The average Bonchev–Trinajstić information content (AvgIpc) is 3.15. The Morgan fingerprint density at radius 3 is 2.47 bits per heavy atom. The first-order chi connectivity index (χ1) is 15.9. The molecule has 0 fully saturated rings. The van der Waals surface area contributed by atoms with Gasteiger partial charge in [-0.05, 0) is 72.1 Å². The molecule has 0 aliphatic carbocycles. The van der Waals surface area contributed by atoms with Crippen LogP contribution in [0.15, 0.2) is 36.5 Å². The lowest BCUT2D eigenvalue weighted by atomic mass is 10.1. The van der Waals surface area contributed by atoms with Gasteiger partial charge in [-0.3, -0.25) is 14.3 Å². The summed E-state index contributed by atoms with van der Waals surface area (Å²) >= 11 is 0. The molecule has 3 N–H and O–H groups in total.